The van der Waals surface area contributed by atoms with E-state index in [1.807, 2.05) is 19.1 Å². The predicted octanol–water partition coefficient (Wildman–Crippen LogP) is 4.53. The van der Waals surface area contributed by atoms with E-state index in [4.69, 9.17) is 4.74 Å². The molecule has 3 N–H and O–H groups in total. The number of halogens is 3. The van der Waals surface area contributed by atoms with Crippen LogP contribution < -0.4 is 4.74 Å². The number of aliphatic hydroxyl groups is 3. The molecule has 1 aromatic rings. The van der Waals surface area contributed by atoms with Gasteiger partial charge in [-0.25, -0.2) is 0 Å². The Balaban J connectivity index is 1.87. The number of benzene rings is 1. The highest BCUT2D eigenvalue weighted by molar-refractivity contribution is 5.75. The number of ether oxygens (including phenoxy) is 1. The Bertz CT molecular complexity index is 780. The van der Waals surface area contributed by atoms with Crippen molar-refractivity contribution in [1.82, 2.24) is 0 Å². The summed E-state index contributed by atoms with van der Waals surface area (Å²) >= 11 is 0. The fraction of sp³-hybridized carbons (Fsp3) is 0.640. The number of allylic oxidation sites excluding steroid dienone is 2. The molecular weight excluding hydrogens is 437 g/mol. The van der Waals surface area contributed by atoms with Crippen molar-refractivity contribution in [3.8, 4) is 5.75 Å². The van der Waals surface area contributed by atoms with Crippen LogP contribution in [0.2, 0.25) is 0 Å². The van der Waals surface area contributed by atoms with Gasteiger partial charge in [0.05, 0.1) is 23.9 Å². The lowest BCUT2D eigenvalue weighted by molar-refractivity contribution is -0.137. The summed E-state index contributed by atoms with van der Waals surface area (Å²) in [6.45, 7) is 3.28. The van der Waals surface area contributed by atoms with Gasteiger partial charge in [-0.3, -0.25) is 0 Å². The number of aliphatic hydroxyl groups excluding tert-OH is 3. The highest BCUT2D eigenvalue weighted by Gasteiger charge is 2.43. The van der Waals surface area contributed by atoms with Crippen molar-refractivity contribution in [3.05, 3.63) is 42.0 Å². The Morgan fingerprint density at radius 3 is 2.64 bits per heavy atom. The van der Waals surface area contributed by atoms with Crippen molar-refractivity contribution in [3.63, 3.8) is 0 Å². The lowest BCUT2D eigenvalue weighted by Crippen LogP contribution is -2.31. The summed E-state index contributed by atoms with van der Waals surface area (Å²) in [4.78, 5) is 11.0. The molecule has 1 saturated carbocycles. The molecule has 0 aliphatic heterocycles. The summed E-state index contributed by atoms with van der Waals surface area (Å²) in [6, 6.07) is 4.50. The van der Waals surface area contributed by atoms with Gasteiger partial charge in [-0.15, -0.1) is 0 Å². The van der Waals surface area contributed by atoms with Crippen LogP contribution in [0.15, 0.2) is 36.4 Å². The van der Waals surface area contributed by atoms with Crippen LogP contribution in [-0.2, 0) is 11.0 Å². The molecule has 0 spiro atoms. The van der Waals surface area contributed by atoms with Gasteiger partial charge in [0.1, 0.15) is 18.1 Å². The molecule has 5 nitrogen and oxygen atoms in total. The summed E-state index contributed by atoms with van der Waals surface area (Å²) in [5.74, 6) is -0.322. The average molecular weight is 473 g/mol. The topological polar surface area (TPSA) is 87.0 Å². The quantitative estimate of drug-likeness (QED) is 0.307. The van der Waals surface area contributed by atoms with E-state index in [-0.39, 0.29) is 48.7 Å². The molecule has 1 fully saturated rings. The lowest BCUT2D eigenvalue weighted by atomic mass is 9.79. The minimum atomic E-state index is -4.47. The van der Waals surface area contributed by atoms with Gasteiger partial charge in [-0.2, -0.15) is 13.2 Å². The monoisotopic (exact) mass is 472 g/mol. The number of carbonyl (C=O) groups excluding carboxylic acids is 1. The molecular formula is C25H35F3O5. The predicted molar refractivity (Wildman–Crippen MR) is 119 cm³/mol. The first kappa shape index (κ1) is 27.3. The Morgan fingerprint density at radius 2 is 1.97 bits per heavy atom. The molecule has 0 amide bonds. The number of hydrogen-bond acceptors (Lipinski definition) is 5. The smallest absolute Gasteiger partial charge is 0.416 e. The van der Waals surface area contributed by atoms with Crippen molar-refractivity contribution in [2.45, 2.75) is 76.9 Å². The zero-order chi connectivity index (χ0) is 24.6. The third-order valence-electron chi connectivity index (χ3n) is 6.30. The first-order valence-corrected chi connectivity index (χ1v) is 11.5. The fourth-order valence-electron chi connectivity index (χ4n) is 4.69. The van der Waals surface area contributed by atoms with Gasteiger partial charge in [0, 0.05) is 6.42 Å². The van der Waals surface area contributed by atoms with Crippen molar-refractivity contribution >= 4 is 5.78 Å². The molecule has 6 atom stereocenters. The third-order valence-corrected chi connectivity index (χ3v) is 6.30. The van der Waals surface area contributed by atoms with Crippen molar-refractivity contribution in [2.24, 2.45) is 17.8 Å². The van der Waals surface area contributed by atoms with Crippen LogP contribution in [0.3, 0.4) is 0 Å². The van der Waals surface area contributed by atoms with Crippen LogP contribution in [0.5, 0.6) is 5.75 Å². The highest BCUT2D eigenvalue weighted by Crippen LogP contribution is 2.41. The molecule has 0 saturated heterocycles. The van der Waals surface area contributed by atoms with Crippen LogP contribution in [0, 0.1) is 17.8 Å². The number of carbonyl (C=O) groups is 1. The molecule has 33 heavy (non-hydrogen) atoms. The zero-order valence-electron chi connectivity index (χ0n) is 19.2. The maximum Gasteiger partial charge on any atom is 0.416 e. The second-order valence-electron chi connectivity index (χ2n) is 9.12. The standard InChI is InChI=1S/C25H35F3O5/c1-16(12-19(30)15-33-20-10-7-9-18(13-20)25(26,27)28)24-21(22(31)14-23(24)32)11-6-4-3-5-8-17(2)29/h4,6-7,9-10,13,16,19,21-24,30-32H,3,5,8,11-12,14-15H2,1-2H3/b6-4-/t16?,19-,21+,22+,23-,24-/m1/s1. The second kappa shape index (κ2) is 12.5. The van der Waals surface area contributed by atoms with Gasteiger partial charge >= 0.3 is 6.18 Å². The Hall–Kier alpha value is -1.90. The van der Waals surface area contributed by atoms with Crippen molar-refractivity contribution in [1.29, 1.82) is 0 Å². The number of Topliss-reactive ketones (excluding diaryl/α,β-unsaturated/α-hetero) is 1. The lowest BCUT2D eigenvalue weighted by Gasteiger charge is -2.30. The normalized spacial score (nSPS) is 25.3. The van der Waals surface area contributed by atoms with Gasteiger partial charge < -0.3 is 24.9 Å². The molecule has 8 heteroatoms. The van der Waals surface area contributed by atoms with E-state index in [1.54, 1.807) is 6.92 Å². The van der Waals surface area contributed by atoms with E-state index in [0.717, 1.165) is 25.0 Å². The summed E-state index contributed by atoms with van der Waals surface area (Å²) in [5.41, 5.74) is -0.817. The second-order valence-corrected chi connectivity index (χ2v) is 9.12. The average Bonchev–Trinajstić information content (AvgIpc) is 3.01. The highest BCUT2D eigenvalue weighted by atomic mass is 19.4. The summed E-state index contributed by atoms with van der Waals surface area (Å²) < 4.78 is 43.9. The first-order chi connectivity index (χ1) is 15.5. The zero-order valence-corrected chi connectivity index (χ0v) is 19.2. The van der Waals surface area contributed by atoms with Crippen LogP contribution in [0.25, 0.3) is 0 Å². The maximum atomic E-state index is 12.8. The molecule has 1 aliphatic rings. The van der Waals surface area contributed by atoms with E-state index in [0.29, 0.717) is 12.8 Å². The SMILES string of the molecule is CC(=O)CCC/C=C\C[C@@H]1[C@@H](C(C)C[C@@H](O)COc2cccc(C(F)(F)F)c2)[C@H](O)C[C@@H]1O. The van der Waals surface area contributed by atoms with Gasteiger partial charge in [-0.1, -0.05) is 25.1 Å². The van der Waals surface area contributed by atoms with E-state index in [1.165, 1.54) is 12.1 Å². The van der Waals surface area contributed by atoms with E-state index in [2.05, 4.69) is 0 Å². The van der Waals surface area contributed by atoms with E-state index < -0.39 is 30.1 Å². The van der Waals surface area contributed by atoms with Crippen LogP contribution in [-0.4, -0.2) is 46.0 Å². The molecule has 0 heterocycles. The molecule has 1 aromatic carbocycles. The molecule has 0 bridgehead atoms. The van der Waals surface area contributed by atoms with Gasteiger partial charge in [-0.05, 0) is 75.0 Å². The Labute approximate surface area is 193 Å². The number of alkyl halides is 3. The molecule has 0 aromatic heterocycles. The Morgan fingerprint density at radius 1 is 1.24 bits per heavy atom. The number of ketones is 1. The summed E-state index contributed by atoms with van der Waals surface area (Å²) in [7, 11) is 0. The maximum absolute atomic E-state index is 12.8. The van der Waals surface area contributed by atoms with E-state index in [9.17, 15) is 33.3 Å². The first-order valence-electron chi connectivity index (χ1n) is 11.5. The van der Waals surface area contributed by atoms with Crippen LogP contribution in [0.1, 0.15) is 57.9 Å². The fourth-order valence-corrected chi connectivity index (χ4v) is 4.69. The summed E-state index contributed by atoms with van der Waals surface area (Å²) in [5, 5.41) is 31.3. The minimum Gasteiger partial charge on any atom is -0.491 e. The van der Waals surface area contributed by atoms with Gasteiger partial charge in [0.2, 0.25) is 0 Å². The number of unbranched alkanes of at least 4 members (excludes halogenated alkanes) is 1. The van der Waals surface area contributed by atoms with Crippen LogP contribution >= 0.6 is 0 Å². The molecule has 1 aliphatic carbocycles. The molecule has 2 rings (SSSR count). The van der Waals surface area contributed by atoms with Gasteiger partial charge in [0.25, 0.3) is 0 Å². The largest absolute Gasteiger partial charge is 0.491 e. The minimum absolute atomic E-state index is 0.0284. The Kier molecular flexibility index (Phi) is 10.4. The van der Waals surface area contributed by atoms with E-state index >= 15 is 0 Å². The molecule has 1 unspecified atom stereocenters. The van der Waals surface area contributed by atoms with Crippen molar-refractivity contribution < 1.29 is 38.0 Å². The summed E-state index contributed by atoms with van der Waals surface area (Å²) in [6.07, 6.45) is 0.455. The number of rotatable bonds is 12. The molecule has 0 radical (unpaired) electrons. The van der Waals surface area contributed by atoms with Gasteiger partial charge in [0.15, 0.2) is 0 Å². The number of hydrogen-bond donors (Lipinski definition) is 3. The third kappa shape index (κ3) is 8.76. The van der Waals surface area contributed by atoms with Crippen LogP contribution in [0.4, 0.5) is 13.2 Å². The molecule has 186 valence electrons. The van der Waals surface area contributed by atoms with Crippen molar-refractivity contribution in [2.75, 3.05) is 6.61 Å².